The van der Waals surface area contributed by atoms with Crippen LogP contribution in [0.25, 0.3) is 22.0 Å². The topological polar surface area (TPSA) is 12.9 Å². The van der Waals surface area contributed by atoms with E-state index >= 15 is 0 Å². The highest BCUT2D eigenvalue weighted by Crippen LogP contribution is 2.61. The van der Waals surface area contributed by atoms with Crippen molar-refractivity contribution in [1.29, 1.82) is 0 Å². The van der Waals surface area contributed by atoms with Gasteiger partial charge in [-0.15, -0.1) is 16.4 Å². The first-order chi connectivity index (χ1) is 13.7. The molecule has 1 aliphatic rings. The molecule has 0 atom stereocenters. The van der Waals surface area contributed by atoms with Gasteiger partial charge in [0.25, 0.3) is 0 Å². The molecule has 0 saturated carbocycles. The van der Waals surface area contributed by atoms with Crippen molar-refractivity contribution in [3.63, 3.8) is 0 Å². The second-order valence-electron chi connectivity index (χ2n) is 10.1. The van der Waals surface area contributed by atoms with Gasteiger partial charge in [-0.05, 0) is 50.5 Å². The second-order valence-corrected chi connectivity index (χ2v) is 10.1. The molecule has 0 spiro atoms. The third-order valence-electron chi connectivity index (χ3n) is 8.29. The lowest BCUT2D eigenvalue weighted by Crippen LogP contribution is -2.55. The van der Waals surface area contributed by atoms with Gasteiger partial charge in [-0.1, -0.05) is 58.5 Å². The molecule has 1 nitrogen and oxygen atoms in total. The molecule has 10 radical (unpaired) electrons. The van der Waals surface area contributed by atoms with E-state index in [-0.39, 0.29) is 32.6 Å². The van der Waals surface area contributed by atoms with E-state index in [9.17, 15) is 0 Å². The normalized spacial score (nSPS) is 18.5. The van der Waals surface area contributed by atoms with Gasteiger partial charge in [-0.3, -0.25) is 4.98 Å². The highest BCUT2D eigenvalue weighted by atomic mass is 14.7. The number of pyridine rings is 1. The zero-order valence-electron chi connectivity index (χ0n) is 18.6. The van der Waals surface area contributed by atoms with Gasteiger partial charge < -0.3 is 0 Å². The molecule has 0 amide bonds. The van der Waals surface area contributed by atoms with E-state index in [1.807, 2.05) is 12.3 Å². The number of nitrogens with zero attached hydrogens (tertiary/aromatic N) is 1. The van der Waals surface area contributed by atoms with Crippen LogP contribution in [0, 0.1) is 5.41 Å². The molecule has 1 aromatic heterocycles. The average molecular weight is 379 g/mol. The monoisotopic (exact) mass is 379 g/mol. The standard InChI is InChI=1S/C24H22B5N/c1-22(2)13-7-11-9-15(16-17(25)19(27)21(29)20(28)18(16)26)30-10-12(11)8-14(13)23(3,4)24(22,5)6/h7-10H,1-6H3. The molecule has 0 unspecified atom stereocenters. The van der Waals surface area contributed by atoms with Crippen molar-refractivity contribution in [3.8, 4) is 11.3 Å². The van der Waals surface area contributed by atoms with Crippen LogP contribution in [0.5, 0.6) is 0 Å². The highest BCUT2D eigenvalue weighted by molar-refractivity contribution is 6.68. The van der Waals surface area contributed by atoms with Crippen molar-refractivity contribution in [1.82, 2.24) is 4.98 Å². The van der Waals surface area contributed by atoms with Crippen LogP contribution >= 0.6 is 0 Å². The minimum absolute atomic E-state index is 0.0115. The summed E-state index contributed by atoms with van der Waals surface area (Å²) in [6, 6.07) is 6.56. The fourth-order valence-corrected chi connectivity index (χ4v) is 4.94. The summed E-state index contributed by atoms with van der Waals surface area (Å²) in [6.07, 6.45) is 1.86. The maximum atomic E-state index is 6.25. The predicted molar refractivity (Wildman–Crippen MR) is 134 cm³/mol. The molecule has 2 aromatic carbocycles. The number of aromatic nitrogens is 1. The van der Waals surface area contributed by atoms with Crippen LogP contribution in [0.4, 0.5) is 0 Å². The largest absolute Gasteiger partial charge is 0.256 e. The minimum atomic E-state index is 0.0115. The minimum Gasteiger partial charge on any atom is -0.256 e. The van der Waals surface area contributed by atoms with Crippen LogP contribution in [0.1, 0.15) is 52.7 Å². The first kappa shape index (κ1) is 21.4. The SMILES string of the molecule is [B]c1c([B])c([B])c(-c2cc3cc4c(cc3cn2)C(C)(C)C(C)(C)C4(C)C)c([B])c1[B]. The molecule has 0 N–H and O–H groups in total. The number of rotatable bonds is 1. The lowest BCUT2D eigenvalue weighted by atomic mass is 9.59. The molecule has 0 fully saturated rings. The summed E-state index contributed by atoms with van der Waals surface area (Å²) in [4.78, 5) is 4.64. The molecule has 6 heteroatoms. The molecular formula is C24H22B5N. The molecule has 1 aliphatic carbocycles. The van der Waals surface area contributed by atoms with Crippen molar-refractivity contribution in [2.45, 2.75) is 52.4 Å². The van der Waals surface area contributed by atoms with Crippen molar-refractivity contribution in [3.05, 3.63) is 35.5 Å². The Morgan fingerprint density at radius 1 is 0.600 bits per heavy atom. The Hall–Kier alpha value is -1.83. The number of fused-ring (bicyclic) bond motifs is 2. The van der Waals surface area contributed by atoms with Gasteiger partial charge in [-0.25, -0.2) is 0 Å². The quantitative estimate of drug-likeness (QED) is 0.561. The first-order valence-corrected chi connectivity index (χ1v) is 10.2. The number of hydrogen-bond acceptors (Lipinski definition) is 1. The Kier molecular flexibility index (Phi) is 4.53. The van der Waals surface area contributed by atoms with Gasteiger partial charge in [-0.2, -0.15) is 0 Å². The van der Waals surface area contributed by atoms with E-state index in [0.717, 1.165) is 10.8 Å². The second kappa shape index (κ2) is 6.34. The summed E-state index contributed by atoms with van der Waals surface area (Å²) in [5, 5.41) is 2.15. The van der Waals surface area contributed by atoms with Gasteiger partial charge in [0, 0.05) is 11.6 Å². The van der Waals surface area contributed by atoms with Crippen LogP contribution in [-0.4, -0.2) is 44.2 Å². The maximum Gasteiger partial charge on any atom is 0.113 e. The summed E-state index contributed by atoms with van der Waals surface area (Å²) in [5.41, 5.74) is 5.30. The van der Waals surface area contributed by atoms with E-state index in [4.69, 9.17) is 39.2 Å². The van der Waals surface area contributed by atoms with Crippen molar-refractivity contribution >= 4 is 77.3 Å². The third-order valence-corrected chi connectivity index (χ3v) is 8.29. The average Bonchev–Trinajstić information content (AvgIpc) is 2.78. The van der Waals surface area contributed by atoms with E-state index in [1.54, 1.807) is 0 Å². The lowest BCUT2D eigenvalue weighted by Gasteiger charge is -2.44. The summed E-state index contributed by atoms with van der Waals surface area (Å²) in [7, 11) is 30.6. The molecule has 0 saturated heterocycles. The number of benzene rings is 2. The van der Waals surface area contributed by atoms with Crippen LogP contribution in [0.3, 0.4) is 0 Å². The summed E-state index contributed by atoms with van der Waals surface area (Å²) < 4.78 is 0. The molecular weight excluding hydrogens is 356 g/mol. The van der Waals surface area contributed by atoms with Crippen molar-refractivity contribution < 1.29 is 0 Å². The summed E-state index contributed by atoms with van der Waals surface area (Å²) in [5.74, 6) is 0. The zero-order valence-corrected chi connectivity index (χ0v) is 18.6. The van der Waals surface area contributed by atoms with Gasteiger partial charge in [0.1, 0.15) is 39.2 Å². The Morgan fingerprint density at radius 3 is 1.53 bits per heavy atom. The molecule has 4 rings (SSSR count). The Labute approximate surface area is 186 Å². The van der Waals surface area contributed by atoms with Crippen LogP contribution < -0.4 is 27.3 Å². The molecule has 30 heavy (non-hydrogen) atoms. The van der Waals surface area contributed by atoms with E-state index in [1.165, 1.54) is 11.1 Å². The molecule has 0 aliphatic heterocycles. The highest BCUT2D eigenvalue weighted by Gasteiger charge is 2.56. The lowest BCUT2D eigenvalue weighted by molar-refractivity contribution is 0.125. The Balaban J connectivity index is 2.00. The van der Waals surface area contributed by atoms with Crippen LogP contribution in [0.2, 0.25) is 0 Å². The summed E-state index contributed by atoms with van der Waals surface area (Å²) in [6.45, 7) is 14.0. The fourth-order valence-electron chi connectivity index (χ4n) is 4.94. The van der Waals surface area contributed by atoms with Gasteiger partial charge in [0.15, 0.2) is 0 Å². The third kappa shape index (κ3) is 2.52. The predicted octanol–water partition coefficient (Wildman–Crippen LogP) is 0.466. The van der Waals surface area contributed by atoms with Crippen LogP contribution in [-0.2, 0) is 10.8 Å². The van der Waals surface area contributed by atoms with Crippen molar-refractivity contribution in [2.24, 2.45) is 5.41 Å². The molecule has 1 heterocycles. The number of hydrogen-bond donors (Lipinski definition) is 0. The van der Waals surface area contributed by atoms with Gasteiger partial charge >= 0.3 is 0 Å². The van der Waals surface area contributed by atoms with E-state index < -0.39 is 0 Å². The fraction of sp³-hybridized carbons (Fsp3) is 0.375. The van der Waals surface area contributed by atoms with E-state index in [0.29, 0.717) is 22.2 Å². The van der Waals surface area contributed by atoms with Gasteiger partial charge in [0.2, 0.25) is 0 Å². The molecule has 138 valence electrons. The molecule has 3 aromatic rings. The van der Waals surface area contributed by atoms with Crippen molar-refractivity contribution in [2.75, 3.05) is 0 Å². The zero-order chi connectivity index (χ0) is 22.4. The van der Waals surface area contributed by atoms with Crippen LogP contribution in [0.15, 0.2) is 24.4 Å². The van der Waals surface area contributed by atoms with E-state index in [2.05, 4.69) is 58.7 Å². The van der Waals surface area contributed by atoms with Gasteiger partial charge in [0.05, 0.1) is 5.69 Å². The first-order valence-electron chi connectivity index (χ1n) is 10.2. The Morgan fingerprint density at radius 2 is 1.03 bits per heavy atom. The molecule has 0 bridgehead atoms. The summed E-state index contributed by atoms with van der Waals surface area (Å²) >= 11 is 0. The maximum absolute atomic E-state index is 6.25. The Bertz CT molecular complexity index is 1200. The smallest absolute Gasteiger partial charge is 0.113 e.